The number of aromatic nitrogens is 1. The molecule has 0 bridgehead atoms. The molecule has 1 aromatic carbocycles. The van der Waals surface area contributed by atoms with Crippen LogP contribution in [0.4, 0.5) is 0 Å². The number of hydrogen-bond donors (Lipinski definition) is 2. The van der Waals surface area contributed by atoms with Gasteiger partial charge in [0.05, 0.1) is 61.4 Å². The molecule has 2 unspecified atom stereocenters. The molecule has 2 aromatic heterocycles. The van der Waals surface area contributed by atoms with E-state index >= 15 is 0 Å². The van der Waals surface area contributed by atoms with Gasteiger partial charge in [-0.1, -0.05) is 25.4 Å². The van der Waals surface area contributed by atoms with Crippen LogP contribution in [0.15, 0.2) is 18.2 Å². The van der Waals surface area contributed by atoms with Gasteiger partial charge in [-0.15, -0.1) is 11.3 Å². The number of halogens is 1. The second kappa shape index (κ2) is 14.1. The molecular formula is C30H33ClN2O10S. The molecule has 44 heavy (non-hydrogen) atoms. The van der Waals surface area contributed by atoms with Crippen LogP contribution in [0.25, 0.3) is 10.1 Å². The average Bonchev–Trinajstić information content (AvgIpc) is 3.61. The number of benzene rings is 1. The average molecular weight is 649 g/mol. The fourth-order valence-corrected chi connectivity index (χ4v) is 5.97. The maximum Gasteiger partial charge on any atom is 0.306 e. The summed E-state index contributed by atoms with van der Waals surface area (Å²) in [6.07, 6.45) is 0.230. The summed E-state index contributed by atoms with van der Waals surface area (Å²) in [5, 5.41) is 19.1. The number of ether oxygens (including phenoxy) is 4. The lowest BCUT2D eigenvalue weighted by atomic mass is 10.0. The molecule has 3 aromatic rings. The Balaban J connectivity index is 1.37. The molecule has 1 amide bonds. The third kappa shape index (κ3) is 7.33. The molecule has 0 saturated carbocycles. The van der Waals surface area contributed by atoms with Gasteiger partial charge in [-0.05, 0) is 17.7 Å². The molecule has 2 atom stereocenters. The third-order valence-corrected chi connectivity index (χ3v) is 8.66. The molecule has 0 radical (unpaired) electrons. The summed E-state index contributed by atoms with van der Waals surface area (Å²) < 4.78 is 23.5. The van der Waals surface area contributed by atoms with Gasteiger partial charge in [-0.25, -0.2) is 4.98 Å². The van der Waals surface area contributed by atoms with Crippen LogP contribution in [0.3, 0.4) is 0 Å². The first-order valence-corrected chi connectivity index (χ1v) is 15.0. The van der Waals surface area contributed by atoms with Gasteiger partial charge in [-0.3, -0.25) is 19.2 Å². The van der Waals surface area contributed by atoms with Gasteiger partial charge in [0.1, 0.15) is 0 Å². The van der Waals surface area contributed by atoms with Crippen LogP contribution in [0, 0.1) is 11.8 Å². The number of ketones is 1. The van der Waals surface area contributed by atoms with Crippen molar-refractivity contribution in [3.63, 3.8) is 0 Å². The van der Waals surface area contributed by atoms with Crippen LogP contribution in [0.2, 0.25) is 5.02 Å². The van der Waals surface area contributed by atoms with Crippen molar-refractivity contribution < 1.29 is 48.3 Å². The smallest absolute Gasteiger partial charge is 0.306 e. The van der Waals surface area contributed by atoms with Gasteiger partial charge in [0.15, 0.2) is 23.0 Å². The van der Waals surface area contributed by atoms with E-state index < -0.39 is 23.8 Å². The van der Waals surface area contributed by atoms with Crippen LogP contribution >= 0.6 is 22.9 Å². The molecule has 3 heterocycles. The molecule has 0 spiro atoms. The number of methoxy groups -OCH3 is 2. The van der Waals surface area contributed by atoms with E-state index in [1.54, 1.807) is 23.1 Å². The van der Waals surface area contributed by atoms with E-state index in [0.717, 1.165) is 5.56 Å². The topological polar surface area (TPSA) is 162 Å². The van der Waals surface area contributed by atoms with Gasteiger partial charge < -0.3 is 34.1 Å². The Labute approximate surface area is 262 Å². The largest absolute Gasteiger partial charge is 0.493 e. The number of Topliss-reactive ketones (excluding diaryl/α,β-unsaturated/α-hetero) is 1. The number of pyridine rings is 1. The highest BCUT2D eigenvalue weighted by molar-refractivity contribution is 7.21. The highest BCUT2D eigenvalue weighted by atomic mass is 35.5. The summed E-state index contributed by atoms with van der Waals surface area (Å²) in [5.41, 5.74) is 1.46. The van der Waals surface area contributed by atoms with E-state index in [9.17, 15) is 19.2 Å². The maximum atomic E-state index is 12.6. The molecule has 4 rings (SSSR count). The van der Waals surface area contributed by atoms with Crippen LogP contribution in [0.1, 0.15) is 54.0 Å². The lowest BCUT2D eigenvalue weighted by Gasteiger charge is -2.16. The number of aliphatic carboxylic acids is 2. The Morgan fingerprint density at radius 2 is 1.61 bits per heavy atom. The van der Waals surface area contributed by atoms with Gasteiger partial charge in [-0.2, -0.15) is 0 Å². The molecule has 2 N–H and O–H groups in total. The number of nitrogens with zero attached hydrogens (tertiary/aromatic N) is 2. The third-order valence-electron chi connectivity index (χ3n) is 7.16. The summed E-state index contributed by atoms with van der Waals surface area (Å²) in [7, 11) is 2.97. The summed E-state index contributed by atoms with van der Waals surface area (Å²) in [6.45, 7) is 3.98. The monoisotopic (exact) mass is 648 g/mol. The van der Waals surface area contributed by atoms with Gasteiger partial charge in [0.2, 0.25) is 5.91 Å². The first-order chi connectivity index (χ1) is 20.9. The molecule has 0 saturated heterocycles. The van der Waals surface area contributed by atoms with Crippen LogP contribution < -0.4 is 18.9 Å². The number of amides is 1. The Bertz CT molecular complexity index is 1590. The second-order valence-electron chi connectivity index (χ2n) is 10.5. The van der Waals surface area contributed by atoms with Gasteiger partial charge in [0.25, 0.3) is 5.88 Å². The highest BCUT2D eigenvalue weighted by Crippen LogP contribution is 2.44. The minimum atomic E-state index is -1.04. The number of carbonyl (C=O) groups is 4. The van der Waals surface area contributed by atoms with Crippen molar-refractivity contribution in [1.29, 1.82) is 0 Å². The normalized spacial score (nSPS) is 13.7. The number of carboxylic acid groups (broad SMARTS) is 2. The number of thiophene rings is 1. The number of carboxylic acids is 2. The summed E-state index contributed by atoms with van der Waals surface area (Å²) in [6, 6.07) is 5.14. The maximum absolute atomic E-state index is 12.6. The fraction of sp³-hybridized carbons (Fsp3) is 0.433. The summed E-state index contributed by atoms with van der Waals surface area (Å²) in [4.78, 5) is 54.0. The Morgan fingerprint density at radius 1 is 0.955 bits per heavy atom. The van der Waals surface area contributed by atoms with Crippen LogP contribution in [-0.2, 0) is 27.5 Å². The summed E-state index contributed by atoms with van der Waals surface area (Å²) in [5.74, 6) is -2.80. The molecule has 12 nitrogen and oxygen atoms in total. The Kier molecular flexibility index (Phi) is 10.5. The van der Waals surface area contributed by atoms with E-state index in [0.29, 0.717) is 50.9 Å². The molecule has 0 fully saturated rings. The van der Waals surface area contributed by atoms with E-state index in [1.165, 1.54) is 39.4 Å². The minimum Gasteiger partial charge on any atom is -0.493 e. The van der Waals surface area contributed by atoms with E-state index in [-0.39, 0.29) is 55.2 Å². The lowest BCUT2D eigenvalue weighted by Crippen LogP contribution is -2.28. The highest BCUT2D eigenvalue weighted by Gasteiger charge is 2.29. The van der Waals surface area contributed by atoms with Crippen LogP contribution in [0.5, 0.6) is 23.1 Å². The van der Waals surface area contributed by atoms with Gasteiger partial charge >= 0.3 is 11.9 Å². The second-order valence-corrected chi connectivity index (χ2v) is 11.9. The van der Waals surface area contributed by atoms with Gasteiger partial charge in [0, 0.05) is 42.0 Å². The standard InChI is InChI=1S/C30H33ClN2O10S/c1-15(29(36)37)8-20(34)24-11-18-23(44-24)12-21(40-3)27(26(18)31)42-6-5-7-43-28-22(41-4)10-17-13-33(14-19(17)32-28)25(35)9-16(2)30(38)39/h10-12,15-16H,5-9,13-14H2,1-4H3,(H,36,37)(H,38,39). The minimum absolute atomic E-state index is 0.0939. The molecule has 1 aliphatic heterocycles. The zero-order chi connectivity index (χ0) is 32.1. The van der Waals surface area contributed by atoms with Crippen molar-refractivity contribution >= 4 is 56.7 Å². The zero-order valence-corrected chi connectivity index (χ0v) is 26.2. The van der Waals surface area contributed by atoms with Crippen molar-refractivity contribution in [3.05, 3.63) is 39.4 Å². The predicted molar refractivity (Wildman–Crippen MR) is 161 cm³/mol. The van der Waals surface area contributed by atoms with E-state index in [1.807, 2.05) is 0 Å². The number of hydrogen-bond acceptors (Lipinski definition) is 10. The quantitative estimate of drug-likeness (QED) is 0.167. The first-order valence-electron chi connectivity index (χ1n) is 13.8. The van der Waals surface area contributed by atoms with Crippen molar-refractivity contribution in [2.75, 3.05) is 27.4 Å². The van der Waals surface area contributed by atoms with E-state index in [2.05, 4.69) is 4.98 Å². The van der Waals surface area contributed by atoms with E-state index in [4.69, 9.17) is 40.8 Å². The molecule has 1 aliphatic rings. The molecular weight excluding hydrogens is 616 g/mol. The zero-order valence-electron chi connectivity index (χ0n) is 24.7. The number of fused-ring (bicyclic) bond motifs is 2. The van der Waals surface area contributed by atoms with Crippen molar-refractivity contribution in [1.82, 2.24) is 9.88 Å². The Hall–Kier alpha value is -4.10. The van der Waals surface area contributed by atoms with Crippen molar-refractivity contribution in [2.45, 2.75) is 46.2 Å². The summed E-state index contributed by atoms with van der Waals surface area (Å²) >= 11 is 7.87. The molecule has 0 aliphatic carbocycles. The fourth-order valence-electron chi connectivity index (χ4n) is 4.56. The number of carbonyl (C=O) groups excluding carboxylic acids is 2. The predicted octanol–water partition coefficient (Wildman–Crippen LogP) is 5.06. The lowest BCUT2D eigenvalue weighted by molar-refractivity contribution is -0.145. The molecule has 14 heteroatoms. The Morgan fingerprint density at radius 3 is 2.27 bits per heavy atom. The van der Waals surface area contributed by atoms with Crippen molar-refractivity contribution in [3.8, 4) is 23.1 Å². The van der Waals surface area contributed by atoms with Crippen molar-refractivity contribution in [2.24, 2.45) is 11.8 Å². The molecule has 236 valence electrons. The number of rotatable bonds is 15. The first kappa shape index (κ1) is 32.8. The SMILES string of the molecule is COc1cc2c(nc1OCCCOc1c(OC)cc3sc(C(=O)CC(C)C(=O)O)cc3c1Cl)CN(C(=O)CC(C)C(=O)O)C2. The van der Waals surface area contributed by atoms with Crippen LogP contribution in [-0.4, -0.2) is 71.2 Å².